The molecule has 0 amide bonds. The summed E-state index contributed by atoms with van der Waals surface area (Å²) in [6.45, 7) is 0. The number of ether oxygens (including phenoxy) is 1. The Hall–Kier alpha value is -1.70. The topological polar surface area (TPSA) is 33.0 Å². The van der Waals surface area contributed by atoms with Gasteiger partial charge >= 0.3 is 0 Å². The van der Waals surface area contributed by atoms with Crippen LogP contribution in [0.5, 0.6) is 5.75 Å². The monoisotopic (exact) mass is 201 g/mol. The van der Waals surface area contributed by atoms with Crippen molar-refractivity contribution < 1.29 is 17.9 Å². The number of hydrogen-bond donors (Lipinski definition) is 0. The molecule has 74 valence electrons. The van der Waals surface area contributed by atoms with Crippen LogP contribution in [0, 0.1) is 28.8 Å². The molecule has 0 fully saturated rings. The molecule has 0 saturated carbocycles. The molecule has 1 rings (SSSR count). The molecule has 0 N–H and O–H groups in total. The smallest absolute Gasteiger partial charge is 0.172 e. The highest BCUT2D eigenvalue weighted by Crippen LogP contribution is 2.25. The molecule has 1 aromatic rings. The Morgan fingerprint density at radius 3 is 2.50 bits per heavy atom. The molecule has 0 bridgehead atoms. The van der Waals surface area contributed by atoms with Crippen LogP contribution in [0.2, 0.25) is 0 Å². The van der Waals surface area contributed by atoms with Gasteiger partial charge in [-0.25, -0.2) is 13.2 Å². The third-order valence-electron chi connectivity index (χ3n) is 1.69. The van der Waals surface area contributed by atoms with Gasteiger partial charge in [0.1, 0.15) is 0 Å². The van der Waals surface area contributed by atoms with Crippen LogP contribution >= 0.6 is 0 Å². The summed E-state index contributed by atoms with van der Waals surface area (Å²) < 4.78 is 43.4. The Balaban J connectivity index is 3.38. The Kier molecular flexibility index (Phi) is 2.97. The van der Waals surface area contributed by atoms with Crippen LogP contribution in [0.25, 0.3) is 0 Å². The van der Waals surface area contributed by atoms with Gasteiger partial charge in [0.25, 0.3) is 0 Å². The number of benzene rings is 1. The lowest BCUT2D eigenvalue weighted by molar-refractivity contribution is 0.372. The van der Waals surface area contributed by atoms with Gasteiger partial charge in [0.05, 0.1) is 19.6 Å². The van der Waals surface area contributed by atoms with E-state index < -0.39 is 35.2 Å². The van der Waals surface area contributed by atoms with Crippen molar-refractivity contribution in [2.24, 2.45) is 0 Å². The van der Waals surface area contributed by atoms with Gasteiger partial charge < -0.3 is 4.74 Å². The summed E-state index contributed by atoms with van der Waals surface area (Å²) in [5.74, 6) is -4.01. The lowest BCUT2D eigenvalue weighted by atomic mass is 10.1. The van der Waals surface area contributed by atoms with Crippen molar-refractivity contribution in [1.82, 2.24) is 0 Å². The molecule has 0 aliphatic heterocycles. The van der Waals surface area contributed by atoms with E-state index in [0.717, 1.165) is 7.11 Å². The number of nitrogens with zero attached hydrogens (tertiary/aromatic N) is 1. The van der Waals surface area contributed by atoms with Crippen molar-refractivity contribution in [1.29, 1.82) is 5.26 Å². The predicted octanol–water partition coefficient (Wildman–Crippen LogP) is 2.18. The number of methoxy groups -OCH3 is 1. The van der Waals surface area contributed by atoms with E-state index in [1.807, 2.05) is 0 Å². The van der Waals surface area contributed by atoms with Crippen LogP contribution in [-0.4, -0.2) is 7.11 Å². The second kappa shape index (κ2) is 4.01. The maximum atomic E-state index is 13.2. The molecule has 0 aliphatic rings. The lowest BCUT2D eigenvalue weighted by Crippen LogP contribution is -2.01. The van der Waals surface area contributed by atoms with Gasteiger partial charge in [-0.2, -0.15) is 5.26 Å². The average molecular weight is 201 g/mol. The molecule has 14 heavy (non-hydrogen) atoms. The Labute approximate surface area is 78.5 Å². The van der Waals surface area contributed by atoms with E-state index in [1.165, 1.54) is 0 Å². The average Bonchev–Trinajstić information content (AvgIpc) is 2.18. The normalized spacial score (nSPS) is 9.64. The fraction of sp³-hybridized carbons (Fsp3) is 0.222. The minimum Gasteiger partial charge on any atom is -0.494 e. The maximum absolute atomic E-state index is 13.2. The standard InChI is InChI=1S/C9H6F3NO/c1-14-7-4-6(10)8(11)5(2-3-13)9(7)12/h4H,2H2,1H3. The Bertz CT molecular complexity index is 398. The zero-order valence-electron chi connectivity index (χ0n) is 7.27. The van der Waals surface area contributed by atoms with Gasteiger partial charge in [0.2, 0.25) is 0 Å². The van der Waals surface area contributed by atoms with E-state index in [1.54, 1.807) is 6.07 Å². The van der Waals surface area contributed by atoms with Gasteiger partial charge in [0.15, 0.2) is 23.2 Å². The quantitative estimate of drug-likeness (QED) is 0.687. The summed E-state index contributed by atoms with van der Waals surface area (Å²) in [5.41, 5.74) is -0.607. The molecule has 0 aromatic heterocycles. The molecular formula is C9H6F3NO. The van der Waals surface area contributed by atoms with Gasteiger partial charge in [-0.3, -0.25) is 0 Å². The third kappa shape index (κ3) is 1.64. The highest BCUT2D eigenvalue weighted by atomic mass is 19.2. The summed E-state index contributed by atoms with van der Waals surface area (Å²) in [5, 5.41) is 8.28. The van der Waals surface area contributed by atoms with Gasteiger partial charge in [-0.1, -0.05) is 0 Å². The molecule has 2 nitrogen and oxygen atoms in total. The molecule has 0 saturated heterocycles. The van der Waals surface area contributed by atoms with Gasteiger partial charge in [-0.15, -0.1) is 0 Å². The van der Waals surface area contributed by atoms with Gasteiger partial charge in [0, 0.05) is 11.6 Å². The third-order valence-corrected chi connectivity index (χ3v) is 1.69. The predicted molar refractivity (Wildman–Crippen MR) is 42.2 cm³/mol. The van der Waals surface area contributed by atoms with Crippen LogP contribution in [0.1, 0.15) is 5.56 Å². The summed E-state index contributed by atoms with van der Waals surface area (Å²) in [6.07, 6.45) is -0.536. The maximum Gasteiger partial charge on any atom is 0.172 e. The van der Waals surface area contributed by atoms with Crippen molar-refractivity contribution in [3.8, 4) is 11.8 Å². The van der Waals surface area contributed by atoms with E-state index in [0.29, 0.717) is 6.07 Å². The Morgan fingerprint density at radius 1 is 1.36 bits per heavy atom. The first-order valence-corrected chi connectivity index (χ1v) is 3.69. The second-order valence-corrected chi connectivity index (χ2v) is 2.50. The molecule has 5 heteroatoms. The second-order valence-electron chi connectivity index (χ2n) is 2.50. The highest BCUT2D eigenvalue weighted by molar-refractivity contribution is 5.34. The van der Waals surface area contributed by atoms with E-state index in [2.05, 4.69) is 4.74 Å². The summed E-state index contributed by atoms with van der Waals surface area (Å²) >= 11 is 0. The molecule has 0 unspecified atom stereocenters. The lowest BCUT2D eigenvalue weighted by Gasteiger charge is -2.06. The Morgan fingerprint density at radius 2 is 2.00 bits per heavy atom. The van der Waals surface area contributed by atoms with E-state index >= 15 is 0 Å². The van der Waals surface area contributed by atoms with Crippen LogP contribution in [-0.2, 0) is 6.42 Å². The first-order chi connectivity index (χ1) is 6.61. The first-order valence-electron chi connectivity index (χ1n) is 3.69. The molecular weight excluding hydrogens is 195 g/mol. The van der Waals surface area contributed by atoms with E-state index in [-0.39, 0.29) is 0 Å². The number of hydrogen-bond acceptors (Lipinski definition) is 2. The van der Waals surface area contributed by atoms with Crippen LogP contribution in [0.15, 0.2) is 6.07 Å². The van der Waals surface area contributed by atoms with Crippen molar-refractivity contribution in [3.63, 3.8) is 0 Å². The molecule has 0 atom stereocenters. The molecule has 1 aromatic carbocycles. The number of halogens is 3. The fourth-order valence-corrected chi connectivity index (χ4v) is 1.01. The largest absolute Gasteiger partial charge is 0.494 e. The molecule has 0 heterocycles. The summed E-state index contributed by atoms with van der Waals surface area (Å²) in [6, 6.07) is 2.14. The number of nitriles is 1. The van der Waals surface area contributed by atoms with Gasteiger partial charge in [-0.05, 0) is 0 Å². The van der Waals surface area contributed by atoms with Crippen LogP contribution in [0.3, 0.4) is 0 Å². The number of rotatable bonds is 2. The molecule has 0 spiro atoms. The molecule has 0 radical (unpaired) electrons. The van der Waals surface area contributed by atoms with E-state index in [9.17, 15) is 13.2 Å². The van der Waals surface area contributed by atoms with Crippen molar-refractivity contribution >= 4 is 0 Å². The van der Waals surface area contributed by atoms with Crippen LogP contribution < -0.4 is 4.74 Å². The minimum atomic E-state index is -1.34. The van der Waals surface area contributed by atoms with Crippen LogP contribution in [0.4, 0.5) is 13.2 Å². The van der Waals surface area contributed by atoms with Crippen molar-refractivity contribution in [3.05, 3.63) is 29.1 Å². The fourth-order valence-electron chi connectivity index (χ4n) is 1.01. The van der Waals surface area contributed by atoms with Crippen molar-refractivity contribution in [2.75, 3.05) is 7.11 Å². The highest BCUT2D eigenvalue weighted by Gasteiger charge is 2.18. The summed E-state index contributed by atoms with van der Waals surface area (Å²) in [7, 11) is 1.13. The molecule has 0 aliphatic carbocycles. The zero-order chi connectivity index (χ0) is 10.7. The van der Waals surface area contributed by atoms with Crippen molar-refractivity contribution in [2.45, 2.75) is 6.42 Å². The SMILES string of the molecule is COc1cc(F)c(F)c(CC#N)c1F. The van der Waals surface area contributed by atoms with E-state index in [4.69, 9.17) is 5.26 Å². The minimum absolute atomic E-state index is 0.408. The zero-order valence-corrected chi connectivity index (χ0v) is 7.27. The summed E-state index contributed by atoms with van der Waals surface area (Å²) in [4.78, 5) is 0. The first kappa shape index (κ1) is 10.4.